The molecule has 6 nitrogen and oxygen atoms in total. The number of carbonyl (C=O) groups is 3. The van der Waals surface area contributed by atoms with E-state index in [1.54, 1.807) is 26.0 Å². The van der Waals surface area contributed by atoms with E-state index in [-0.39, 0.29) is 11.0 Å². The molecule has 1 aromatic carbocycles. The Kier molecular flexibility index (Phi) is 6.31. The van der Waals surface area contributed by atoms with Crippen molar-refractivity contribution in [3.63, 3.8) is 0 Å². The zero-order chi connectivity index (χ0) is 20.3. The Hall–Kier alpha value is -2.45. The number of carbonyl (C=O) groups excluding carboxylic acids is 3. The number of hydrogen-bond donors (Lipinski definition) is 0. The van der Waals surface area contributed by atoms with Gasteiger partial charge in [-0.05, 0) is 56.8 Å². The summed E-state index contributed by atoms with van der Waals surface area (Å²) in [6, 6.07) is 11.6. The van der Waals surface area contributed by atoms with Gasteiger partial charge >= 0.3 is 5.97 Å². The number of rotatable bonds is 6. The number of furan rings is 1. The summed E-state index contributed by atoms with van der Waals surface area (Å²) in [6.45, 7) is 5.03. The second-order valence-electron chi connectivity index (χ2n) is 6.38. The van der Waals surface area contributed by atoms with Gasteiger partial charge in [0.2, 0.25) is 0 Å². The molecule has 0 saturated carbocycles. The average Bonchev–Trinajstić information content (AvgIpc) is 3.16. The standard InChI is InChI=1S/C20H19NO5S2/c1-12(2)25-17(22)11-21-19(23)16(28-20(21)24)10-14-6-9-18(26-14)27-15-7-4-13(3)5-8-15/h4-10,12H,11H2,1-3H3/b16-10+. The van der Waals surface area contributed by atoms with E-state index in [9.17, 15) is 14.4 Å². The zero-order valence-corrected chi connectivity index (χ0v) is 17.3. The zero-order valence-electron chi connectivity index (χ0n) is 15.6. The van der Waals surface area contributed by atoms with Crippen LogP contribution in [0.15, 0.2) is 55.7 Å². The molecule has 1 aromatic heterocycles. The van der Waals surface area contributed by atoms with Gasteiger partial charge in [-0.2, -0.15) is 0 Å². The summed E-state index contributed by atoms with van der Waals surface area (Å²) in [5.41, 5.74) is 1.18. The Morgan fingerprint density at radius 1 is 1.21 bits per heavy atom. The molecular formula is C20H19NO5S2. The van der Waals surface area contributed by atoms with Crippen LogP contribution in [-0.2, 0) is 14.3 Å². The smallest absolute Gasteiger partial charge is 0.326 e. The lowest BCUT2D eigenvalue weighted by molar-refractivity contribution is -0.149. The fourth-order valence-electron chi connectivity index (χ4n) is 2.38. The third-order valence-corrected chi connectivity index (χ3v) is 5.48. The third-order valence-electron chi connectivity index (χ3n) is 3.64. The molecule has 0 atom stereocenters. The molecule has 8 heteroatoms. The molecule has 2 amide bonds. The number of amides is 2. The van der Waals surface area contributed by atoms with Crippen molar-refractivity contribution in [3.05, 3.63) is 52.6 Å². The van der Waals surface area contributed by atoms with Gasteiger partial charge in [-0.15, -0.1) is 0 Å². The number of thioether (sulfide) groups is 1. The first-order chi connectivity index (χ1) is 13.3. The number of ether oxygens (including phenoxy) is 1. The summed E-state index contributed by atoms with van der Waals surface area (Å²) >= 11 is 2.24. The van der Waals surface area contributed by atoms with Gasteiger partial charge in [0.15, 0.2) is 5.09 Å². The van der Waals surface area contributed by atoms with E-state index in [4.69, 9.17) is 9.15 Å². The summed E-state index contributed by atoms with van der Waals surface area (Å²) in [5.74, 6) is -0.682. The van der Waals surface area contributed by atoms with Gasteiger partial charge in [0.25, 0.3) is 11.1 Å². The highest BCUT2D eigenvalue weighted by Gasteiger charge is 2.37. The maximum Gasteiger partial charge on any atom is 0.326 e. The minimum absolute atomic E-state index is 0.212. The molecule has 0 aliphatic carbocycles. The van der Waals surface area contributed by atoms with Crippen molar-refractivity contribution in [2.75, 3.05) is 6.54 Å². The Labute approximate surface area is 171 Å². The molecule has 1 fully saturated rings. The lowest BCUT2D eigenvalue weighted by atomic mass is 10.2. The molecule has 2 aromatic rings. The Morgan fingerprint density at radius 2 is 1.93 bits per heavy atom. The lowest BCUT2D eigenvalue weighted by Crippen LogP contribution is -2.35. The molecule has 3 rings (SSSR count). The molecular weight excluding hydrogens is 398 g/mol. The summed E-state index contributed by atoms with van der Waals surface area (Å²) in [6.07, 6.45) is 1.20. The number of aryl methyl sites for hydroxylation is 1. The predicted octanol–water partition coefficient (Wildman–Crippen LogP) is 4.73. The second-order valence-corrected chi connectivity index (χ2v) is 8.45. The van der Waals surface area contributed by atoms with Crippen LogP contribution in [0, 0.1) is 6.92 Å². The van der Waals surface area contributed by atoms with Crippen molar-refractivity contribution in [3.8, 4) is 0 Å². The first-order valence-electron chi connectivity index (χ1n) is 8.61. The topological polar surface area (TPSA) is 76.8 Å². The van der Waals surface area contributed by atoms with E-state index in [2.05, 4.69) is 0 Å². The monoisotopic (exact) mass is 417 g/mol. The predicted molar refractivity (Wildman–Crippen MR) is 108 cm³/mol. The van der Waals surface area contributed by atoms with Crippen molar-refractivity contribution in [2.45, 2.75) is 36.9 Å². The highest BCUT2D eigenvalue weighted by Crippen LogP contribution is 2.34. The van der Waals surface area contributed by atoms with Crippen LogP contribution in [0.3, 0.4) is 0 Å². The van der Waals surface area contributed by atoms with E-state index in [0.29, 0.717) is 10.9 Å². The van der Waals surface area contributed by atoms with E-state index in [1.165, 1.54) is 23.4 Å². The summed E-state index contributed by atoms with van der Waals surface area (Å²) in [4.78, 5) is 38.4. The Morgan fingerprint density at radius 3 is 2.61 bits per heavy atom. The molecule has 0 N–H and O–H groups in total. The van der Waals surface area contributed by atoms with E-state index in [1.807, 2.05) is 31.2 Å². The van der Waals surface area contributed by atoms with Crippen LogP contribution in [0.2, 0.25) is 0 Å². The van der Waals surface area contributed by atoms with Gasteiger partial charge in [0.05, 0.1) is 11.0 Å². The number of hydrogen-bond acceptors (Lipinski definition) is 7. The minimum Gasteiger partial charge on any atom is -0.462 e. The lowest BCUT2D eigenvalue weighted by Gasteiger charge is -2.13. The van der Waals surface area contributed by atoms with E-state index < -0.39 is 23.7 Å². The highest BCUT2D eigenvalue weighted by molar-refractivity contribution is 8.18. The molecule has 0 unspecified atom stereocenters. The molecule has 0 radical (unpaired) electrons. The van der Waals surface area contributed by atoms with Gasteiger partial charge in [0, 0.05) is 11.0 Å². The fraction of sp³-hybridized carbons (Fsp3) is 0.250. The van der Waals surface area contributed by atoms with Gasteiger partial charge < -0.3 is 9.15 Å². The van der Waals surface area contributed by atoms with Crippen molar-refractivity contribution in [2.24, 2.45) is 0 Å². The number of imide groups is 1. The second kappa shape index (κ2) is 8.70. The number of benzene rings is 1. The van der Waals surface area contributed by atoms with Crippen LogP contribution in [0.1, 0.15) is 25.2 Å². The van der Waals surface area contributed by atoms with Crippen LogP contribution in [0.5, 0.6) is 0 Å². The van der Waals surface area contributed by atoms with Gasteiger partial charge in [-0.3, -0.25) is 19.3 Å². The third kappa shape index (κ3) is 5.08. The van der Waals surface area contributed by atoms with E-state index in [0.717, 1.165) is 21.6 Å². The molecule has 1 saturated heterocycles. The molecule has 2 heterocycles. The Bertz CT molecular complexity index is 930. The summed E-state index contributed by atoms with van der Waals surface area (Å²) in [5, 5.41) is 0.174. The SMILES string of the molecule is Cc1ccc(Sc2ccc(/C=C3/SC(=O)N(CC(=O)OC(C)C)C3=O)o2)cc1. The van der Waals surface area contributed by atoms with E-state index >= 15 is 0 Å². The van der Waals surface area contributed by atoms with Crippen molar-refractivity contribution < 1.29 is 23.5 Å². The van der Waals surface area contributed by atoms with Crippen LogP contribution in [0.4, 0.5) is 4.79 Å². The molecule has 1 aliphatic heterocycles. The largest absolute Gasteiger partial charge is 0.462 e. The summed E-state index contributed by atoms with van der Waals surface area (Å²) in [7, 11) is 0. The number of nitrogens with zero attached hydrogens (tertiary/aromatic N) is 1. The highest BCUT2D eigenvalue weighted by atomic mass is 32.2. The molecule has 0 bridgehead atoms. The van der Waals surface area contributed by atoms with Crippen LogP contribution >= 0.6 is 23.5 Å². The Balaban J connectivity index is 1.67. The average molecular weight is 418 g/mol. The van der Waals surface area contributed by atoms with Gasteiger partial charge in [-0.1, -0.05) is 29.5 Å². The molecule has 0 spiro atoms. The van der Waals surface area contributed by atoms with Crippen molar-refractivity contribution in [1.29, 1.82) is 0 Å². The first-order valence-corrected chi connectivity index (χ1v) is 10.2. The first kappa shape index (κ1) is 20.3. The normalized spacial score (nSPS) is 15.7. The van der Waals surface area contributed by atoms with Crippen molar-refractivity contribution in [1.82, 2.24) is 4.90 Å². The fourth-order valence-corrected chi connectivity index (χ4v) is 3.98. The van der Waals surface area contributed by atoms with Crippen LogP contribution in [-0.4, -0.2) is 34.7 Å². The van der Waals surface area contributed by atoms with Crippen LogP contribution < -0.4 is 0 Å². The van der Waals surface area contributed by atoms with Gasteiger partial charge in [0.1, 0.15) is 12.3 Å². The number of esters is 1. The molecule has 28 heavy (non-hydrogen) atoms. The maximum absolute atomic E-state index is 12.4. The summed E-state index contributed by atoms with van der Waals surface area (Å²) < 4.78 is 10.7. The minimum atomic E-state index is -0.617. The quantitative estimate of drug-likeness (QED) is 0.497. The van der Waals surface area contributed by atoms with Crippen LogP contribution in [0.25, 0.3) is 6.08 Å². The van der Waals surface area contributed by atoms with Crippen molar-refractivity contribution >= 4 is 46.7 Å². The maximum atomic E-state index is 12.4. The molecule has 146 valence electrons. The van der Waals surface area contributed by atoms with Gasteiger partial charge in [-0.25, -0.2) is 0 Å². The molecule has 1 aliphatic rings.